The van der Waals surface area contributed by atoms with E-state index in [0.29, 0.717) is 11.7 Å². The van der Waals surface area contributed by atoms with Gasteiger partial charge in [0.25, 0.3) is 0 Å². The molecular formula is C17H21N3OS. The molecule has 0 aliphatic carbocycles. The summed E-state index contributed by atoms with van der Waals surface area (Å²) in [5, 5.41) is 6.84. The zero-order valence-corrected chi connectivity index (χ0v) is 13.9. The highest BCUT2D eigenvalue weighted by Crippen LogP contribution is 2.14. The molecule has 0 saturated carbocycles. The minimum absolute atomic E-state index is 0.183. The van der Waals surface area contributed by atoms with Gasteiger partial charge in [-0.05, 0) is 62.3 Å². The first-order valence-corrected chi connectivity index (χ1v) is 7.67. The molecule has 0 fully saturated rings. The smallest absolute Gasteiger partial charge is 0.172 e. The number of aryl methyl sites for hydroxylation is 1. The summed E-state index contributed by atoms with van der Waals surface area (Å²) >= 11 is 5.29. The topological polar surface area (TPSA) is 46.2 Å². The van der Waals surface area contributed by atoms with Gasteiger partial charge in [0, 0.05) is 12.7 Å². The fourth-order valence-electron chi connectivity index (χ4n) is 1.91. The maximum atomic E-state index is 5.62. The summed E-state index contributed by atoms with van der Waals surface area (Å²) in [6.45, 7) is 6.67. The van der Waals surface area contributed by atoms with Crippen molar-refractivity contribution in [1.29, 1.82) is 0 Å². The van der Waals surface area contributed by atoms with E-state index < -0.39 is 0 Å². The average Bonchev–Trinajstić information content (AvgIpc) is 2.48. The Morgan fingerprint density at radius 1 is 1.23 bits per heavy atom. The van der Waals surface area contributed by atoms with Crippen LogP contribution in [0.1, 0.15) is 25.0 Å². The Labute approximate surface area is 136 Å². The Kier molecular flexibility index (Phi) is 5.72. The number of rotatable bonds is 5. The Balaban J connectivity index is 1.85. The van der Waals surface area contributed by atoms with Crippen molar-refractivity contribution in [2.75, 3.05) is 5.32 Å². The number of nitrogens with one attached hydrogen (secondary N) is 2. The van der Waals surface area contributed by atoms with Gasteiger partial charge in [-0.25, -0.2) is 4.98 Å². The van der Waals surface area contributed by atoms with Crippen LogP contribution in [0.15, 0.2) is 42.6 Å². The van der Waals surface area contributed by atoms with Gasteiger partial charge in [0.2, 0.25) is 0 Å². The maximum Gasteiger partial charge on any atom is 0.172 e. The first kappa shape index (κ1) is 16.2. The quantitative estimate of drug-likeness (QED) is 0.825. The summed E-state index contributed by atoms with van der Waals surface area (Å²) in [4.78, 5) is 4.26. The third-order valence-corrected chi connectivity index (χ3v) is 3.24. The van der Waals surface area contributed by atoms with E-state index in [9.17, 15) is 0 Å². The van der Waals surface area contributed by atoms with E-state index in [1.54, 1.807) is 6.20 Å². The maximum absolute atomic E-state index is 5.62. The SMILES string of the molecule is Cc1cccnc1NC(=S)NCc1ccc(OC(C)C)cc1. The van der Waals surface area contributed by atoms with Gasteiger partial charge in [0.1, 0.15) is 11.6 Å². The molecule has 1 aromatic heterocycles. The van der Waals surface area contributed by atoms with Gasteiger partial charge >= 0.3 is 0 Å². The number of hydrogen-bond acceptors (Lipinski definition) is 3. The number of anilines is 1. The van der Waals surface area contributed by atoms with Crippen molar-refractivity contribution in [1.82, 2.24) is 10.3 Å². The van der Waals surface area contributed by atoms with Crippen LogP contribution in [0.3, 0.4) is 0 Å². The molecule has 0 radical (unpaired) electrons. The molecule has 0 spiro atoms. The summed E-state index contributed by atoms with van der Waals surface area (Å²) in [5.41, 5.74) is 2.19. The minimum atomic E-state index is 0.183. The van der Waals surface area contributed by atoms with Crippen LogP contribution in [-0.4, -0.2) is 16.2 Å². The molecule has 0 atom stereocenters. The van der Waals surface area contributed by atoms with Crippen LogP contribution < -0.4 is 15.4 Å². The van der Waals surface area contributed by atoms with E-state index in [2.05, 4.69) is 15.6 Å². The fourth-order valence-corrected chi connectivity index (χ4v) is 2.08. The molecule has 1 heterocycles. The summed E-state index contributed by atoms with van der Waals surface area (Å²) in [5.74, 6) is 1.66. The van der Waals surface area contributed by atoms with E-state index in [0.717, 1.165) is 22.7 Å². The second-order valence-corrected chi connectivity index (χ2v) is 5.70. The van der Waals surface area contributed by atoms with E-state index in [1.807, 2.05) is 57.2 Å². The van der Waals surface area contributed by atoms with Crippen LogP contribution in [0.4, 0.5) is 5.82 Å². The lowest BCUT2D eigenvalue weighted by atomic mass is 10.2. The van der Waals surface area contributed by atoms with Gasteiger partial charge in [-0.15, -0.1) is 0 Å². The molecule has 2 aromatic rings. The van der Waals surface area contributed by atoms with Crippen molar-refractivity contribution in [3.8, 4) is 5.75 Å². The monoisotopic (exact) mass is 315 g/mol. The zero-order chi connectivity index (χ0) is 15.9. The molecule has 22 heavy (non-hydrogen) atoms. The molecule has 0 aliphatic rings. The van der Waals surface area contributed by atoms with E-state index in [-0.39, 0.29) is 6.10 Å². The van der Waals surface area contributed by atoms with Crippen LogP contribution in [-0.2, 0) is 6.54 Å². The standard InChI is InChI=1S/C17H21N3OS/c1-12(2)21-15-8-6-14(7-9-15)11-19-17(22)20-16-13(3)5-4-10-18-16/h4-10,12H,11H2,1-3H3,(H2,18,19,20,22). The first-order chi connectivity index (χ1) is 10.5. The van der Waals surface area contributed by atoms with E-state index in [4.69, 9.17) is 17.0 Å². The Hall–Kier alpha value is -2.14. The second kappa shape index (κ2) is 7.75. The molecule has 0 saturated heterocycles. The number of nitrogens with zero attached hydrogens (tertiary/aromatic N) is 1. The molecule has 116 valence electrons. The third-order valence-electron chi connectivity index (χ3n) is 2.99. The van der Waals surface area contributed by atoms with Crippen molar-refractivity contribution in [3.05, 3.63) is 53.7 Å². The number of aromatic nitrogens is 1. The third kappa shape index (κ3) is 5.00. The van der Waals surface area contributed by atoms with Crippen LogP contribution in [0.25, 0.3) is 0 Å². The minimum Gasteiger partial charge on any atom is -0.491 e. The number of pyridine rings is 1. The molecular weight excluding hydrogens is 294 g/mol. The number of ether oxygens (including phenoxy) is 1. The number of benzene rings is 1. The van der Waals surface area contributed by atoms with Gasteiger partial charge < -0.3 is 15.4 Å². The van der Waals surface area contributed by atoms with Crippen molar-refractivity contribution < 1.29 is 4.74 Å². The first-order valence-electron chi connectivity index (χ1n) is 7.26. The lowest BCUT2D eigenvalue weighted by Crippen LogP contribution is -2.28. The molecule has 0 bridgehead atoms. The van der Waals surface area contributed by atoms with Crippen LogP contribution in [0.5, 0.6) is 5.75 Å². The molecule has 0 aliphatic heterocycles. The molecule has 1 aromatic carbocycles. The van der Waals surface area contributed by atoms with Crippen LogP contribution in [0.2, 0.25) is 0 Å². The van der Waals surface area contributed by atoms with Gasteiger partial charge in [0.15, 0.2) is 5.11 Å². The Bertz CT molecular complexity index is 626. The van der Waals surface area contributed by atoms with Crippen LogP contribution in [0, 0.1) is 6.92 Å². The van der Waals surface area contributed by atoms with E-state index >= 15 is 0 Å². The summed E-state index contributed by atoms with van der Waals surface area (Å²) < 4.78 is 5.62. The van der Waals surface area contributed by atoms with Crippen molar-refractivity contribution in [3.63, 3.8) is 0 Å². The van der Waals surface area contributed by atoms with E-state index in [1.165, 1.54) is 0 Å². The van der Waals surface area contributed by atoms with Crippen molar-refractivity contribution >= 4 is 23.1 Å². The van der Waals surface area contributed by atoms with Gasteiger partial charge in [0.05, 0.1) is 6.10 Å². The molecule has 0 amide bonds. The normalized spacial score (nSPS) is 10.4. The fraction of sp³-hybridized carbons (Fsp3) is 0.294. The summed E-state index contributed by atoms with van der Waals surface area (Å²) in [6, 6.07) is 11.9. The van der Waals surface area contributed by atoms with Gasteiger partial charge in [-0.2, -0.15) is 0 Å². The average molecular weight is 315 g/mol. The number of thiocarbonyl (C=S) groups is 1. The summed E-state index contributed by atoms with van der Waals surface area (Å²) in [7, 11) is 0. The second-order valence-electron chi connectivity index (χ2n) is 5.29. The molecule has 2 rings (SSSR count). The van der Waals surface area contributed by atoms with Crippen molar-refractivity contribution in [2.45, 2.75) is 33.4 Å². The zero-order valence-electron chi connectivity index (χ0n) is 13.1. The highest BCUT2D eigenvalue weighted by atomic mass is 32.1. The summed E-state index contributed by atoms with van der Waals surface area (Å²) in [6.07, 6.45) is 1.92. The molecule has 2 N–H and O–H groups in total. The van der Waals surface area contributed by atoms with Crippen LogP contribution >= 0.6 is 12.2 Å². The lowest BCUT2D eigenvalue weighted by Gasteiger charge is -2.12. The lowest BCUT2D eigenvalue weighted by molar-refractivity contribution is 0.242. The predicted octanol–water partition coefficient (Wildman–Crippen LogP) is 3.66. The Morgan fingerprint density at radius 3 is 2.59 bits per heavy atom. The molecule has 4 nitrogen and oxygen atoms in total. The predicted molar refractivity (Wildman–Crippen MR) is 94.2 cm³/mol. The highest BCUT2D eigenvalue weighted by molar-refractivity contribution is 7.80. The Morgan fingerprint density at radius 2 is 1.95 bits per heavy atom. The van der Waals surface area contributed by atoms with Gasteiger partial charge in [-0.1, -0.05) is 18.2 Å². The molecule has 5 heteroatoms. The van der Waals surface area contributed by atoms with Gasteiger partial charge in [-0.3, -0.25) is 0 Å². The number of hydrogen-bond donors (Lipinski definition) is 2. The molecule has 0 unspecified atom stereocenters. The largest absolute Gasteiger partial charge is 0.491 e. The highest BCUT2D eigenvalue weighted by Gasteiger charge is 2.02. The van der Waals surface area contributed by atoms with Crippen molar-refractivity contribution in [2.24, 2.45) is 0 Å².